The lowest BCUT2D eigenvalue weighted by Gasteiger charge is -2.14. The van der Waals surface area contributed by atoms with E-state index < -0.39 is 10.9 Å². The van der Waals surface area contributed by atoms with Crippen molar-refractivity contribution in [3.63, 3.8) is 0 Å². The molecule has 0 aliphatic rings. The number of carboxylic acid groups (broad SMARTS) is 1. The van der Waals surface area contributed by atoms with Crippen molar-refractivity contribution in [2.24, 2.45) is 0 Å². The topological polar surface area (TPSA) is 113 Å². The quantitative estimate of drug-likeness (QED) is 0.568. The molecule has 0 radical (unpaired) electrons. The van der Waals surface area contributed by atoms with Crippen LogP contribution in [0.2, 0.25) is 0 Å². The van der Waals surface area contributed by atoms with E-state index in [1.807, 2.05) is 0 Å². The Morgan fingerprint density at radius 1 is 1.45 bits per heavy atom. The molecule has 108 valence electrons. The highest BCUT2D eigenvalue weighted by Crippen LogP contribution is 2.16. The van der Waals surface area contributed by atoms with E-state index in [4.69, 9.17) is 5.11 Å². The van der Waals surface area contributed by atoms with Gasteiger partial charge in [-0.15, -0.1) is 0 Å². The number of amides is 1. The highest BCUT2D eigenvalue weighted by molar-refractivity contribution is 5.92. The first-order valence-corrected chi connectivity index (χ1v) is 5.83. The van der Waals surface area contributed by atoms with Crippen LogP contribution in [0.1, 0.15) is 6.42 Å². The number of likely N-dealkylation sites (N-methyl/N-ethyl adjacent to an activating group) is 1. The Balaban J connectivity index is 2.51. The Morgan fingerprint density at radius 2 is 2.15 bits per heavy atom. The van der Waals surface area contributed by atoms with Gasteiger partial charge in [0.25, 0.3) is 5.69 Å². The average molecular weight is 281 g/mol. The van der Waals surface area contributed by atoms with Gasteiger partial charge in [-0.3, -0.25) is 24.6 Å². The number of nitrogens with zero attached hydrogens (tertiary/aromatic N) is 2. The largest absolute Gasteiger partial charge is 0.481 e. The van der Waals surface area contributed by atoms with Crippen LogP contribution in [0.4, 0.5) is 11.4 Å². The summed E-state index contributed by atoms with van der Waals surface area (Å²) < 4.78 is 0. The molecular weight excluding hydrogens is 266 g/mol. The summed E-state index contributed by atoms with van der Waals surface area (Å²) in [6, 6.07) is 5.60. The predicted molar refractivity (Wildman–Crippen MR) is 71.5 cm³/mol. The predicted octanol–water partition coefficient (Wildman–Crippen LogP) is 0.940. The fourth-order valence-electron chi connectivity index (χ4n) is 1.51. The third-order valence-electron chi connectivity index (χ3n) is 2.46. The molecular formula is C12H15N3O5. The molecule has 0 atom stereocenters. The number of hydrogen-bond donors (Lipinski definition) is 2. The van der Waals surface area contributed by atoms with E-state index in [9.17, 15) is 19.7 Å². The van der Waals surface area contributed by atoms with Crippen LogP contribution in [-0.4, -0.2) is 46.9 Å². The number of benzene rings is 1. The smallest absolute Gasteiger partial charge is 0.304 e. The molecule has 0 spiro atoms. The fourth-order valence-corrected chi connectivity index (χ4v) is 1.51. The van der Waals surface area contributed by atoms with Crippen LogP contribution in [0, 0.1) is 10.1 Å². The zero-order valence-electron chi connectivity index (χ0n) is 10.9. The number of hydrogen-bond acceptors (Lipinski definition) is 5. The van der Waals surface area contributed by atoms with E-state index in [2.05, 4.69) is 5.32 Å². The van der Waals surface area contributed by atoms with E-state index >= 15 is 0 Å². The third-order valence-corrected chi connectivity index (χ3v) is 2.46. The minimum atomic E-state index is -0.934. The molecule has 0 unspecified atom stereocenters. The third kappa shape index (κ3) is 5.44. The molecule has 2 N–H and O–H groups in total. The van der Waals surface area contributed by atoms with E-state index in [0.29, 0.717) is 5.69 Å². The zero-order chi connectivity index (χ0) is 15.1. The van der Waals surface area contributed by atoms with Gasteiger partial charge in [0.05, 0.1) is 17.9 Å². The normalized spacial score (nSPS) is 10.3. The number of nitro benzene ring substituents is 1. The Kier molecular flexibility index (Phi) is 5.60. The average Bonchev–Trinajstić information content (AvgIpc) is 2.36. The lowest BCUT2D eigenvalue weighted by Crippen LogP contribution is -2.31. The molecule has 1 aromatic rings. The molecule has 1 aromatic carbocycles. The number of carbonyl (C=O) groups excluding carboxylic acids is 1. The first kappa shape index (κ1) is 15.6. The monoisotopic (exact) mass is 281 g/mol. The number of aliphatic carboxylic acids is 1. The minimum absolute atomic E-state index is 0.00989. The number of nitrogens with one attached hydrogen (secondary N) is 1. The molecule has 0 heterocycles. The standard InChI is InChI=1S/C12H15N3O5/c1-14(6-5-12(17)18)8-11(16)13-9-3-2-4-10(7-9)15(19)20/h2-4,7H,5-6,8H2,1H3,(H,13,16)(H,17,18). The van der Waals surface area contributed by atoms with Crippen LogP contribution < -0.4 is 5.32 Å². The molecule has 0 aliphatic carbocycles. The number of nitro groups is 1. The SMILES string of the molecule is CN(CCC(=O)O)CC(=O)Nc1cccc([N+](=O)[O-])c1. The van der Waals surface area contributed by atoms with Crippen molar-refractivity contribution in [3.8, 4) is 0 Å². The van der Waals surface area contributed by atoms with Crippen molar-refractivity contribution in [3.05, 3.63) is 34.4 Å². The maximum atomic E-state index is 11.7. The summed E-state index contributed by atoms with van der Waals surface area (Å²) in [5, 5.41) is 21.6. The lowest BCUT2D eigenvalue weighted by atomic mass is 10.3. The van der Waals surface area contributed by atoms with Gasteiger partial charge in [0.2, 0.25) is 5.91 Å². The second-order valence-electron chi connectivity index (χ2n) is 4.24. The summed E-state index contributed by atoms with van der Waals surface area (Å²) in [6.45, 7) is 0.258. The molecule has 0 aliphatic heterocycles. The van der Waals surface area contributed by atoms with Crippen molar-refractivity contribution in [2.75, 3.05) is 25.5 Å². The van der Waals surface area contributed by atoms with Gasteiger partial charge in [-0.1, -0.05) is 6.07 Å². The van der Waals surface area contributed by atoms with Gasteiger partial charge in [-0.25, -0.2) is 0 Å². The highest BCUT2D eigenvalue weighted by Gasteiger charge is 2.10. The summed E-state index contributed by atoms with van der Waals surface area (Å²) >= 11 is 0. The highest BCUT2D eigenvalue weighted by atomic mass is 16.6. The van der Waals surface area contributed by atoms with Crippen molar-refractivity contribution in [2.45, 2.75) is 6.42 Å². The van der Waals surface area contributed by atoms with Gasteiger partial charge in [0, 0.05) is 24.4 Å². The van der Waals surface area contributed by atoms with Crippen molar-refractivity contribution < 1.29 is 19.6 Å². The number of carboxylic acids is 1. The van der Waals surface area contributed by atoms with Gasteiger partial charge in [0.1, 0.15) is 0 Å². The molecule has 0 saturated heterocycles. The Hall–Kier alpha value is -2.48. The number of anilines is 1. The van der Waals surface area contributed by atoms with Crippen LogP contribution >= 0.6 is 0 Å². The van der Waals surface area contributed by atoms with E-state index in [1.54, 1.807) is 18.0 Å². The number of non-ortho nitro benzene ring substituents is 1. The summed E-state index contributed by atoms with van der Waals surface area (Å²) in [5.74, 6) is -1.30. The molecule has 0 saturated carbocycles. The second kappa shape index (κ2) is 7.19. The van der Waals surface area contributed by atoms with Gasteiger partial charge >= 0.3 is 5.97 Å². The maximum Gasteiger partial charge on any atom is 0.304 e. The van der Waals surface area contributed by atoms with Crippen LogP contribution in [0.25, 0.3) is 0 Å². The van der Waals surface area contributed by atoms with Crippen LogP contribution in [0.5, 0.6) is 0 Å². The van der Waals surface area contributed by atoms with Gasteiger partial charge in [-0.2, -0.15) is 0 Å². The molecule has 1 amide bonds. The van der Waals surface area contributed by atoms with E-state index in [-0.39, 0.29) is 31.1 Å². The molecule has 0 fully saturated rings. The van der Waals surface area contributed by atoms with Gasteiger partial charge in [0.15, 0.2) is 0 Å². The Labute approximate surface area is 115 Å². The summed E-state index contributed by atoms with van der Waals surface area (Å²) in [6.07, 6.45) is -0.0550. The van der Waals surface area contributed by atoms with Crippen LogP contribution in [0.15, 0.2) is 24.3 Å². The van der Waals surface area contributed by atoms with E-state index in [0.717, 1.165) is 0 Å². The zero-order valence-corrected chi connectivity index (χ0v) is 10.9. The second-order valence-corrected chi connectivity index (χ2v) is 4.24. The Bertz CT molecular complexity index is 518. The Morgan fingerprint density at radius 3 is 2.75 bits per heavy atom. The van der Waals surface area contributed by atoms with E-state index in [1.165, 1.54) is 18.2 Å². The minimum Gasteiger partial charge on any atom is -0.481 e. The molecule has 0 bridgehead atoms. The molecule has 8 nitrogen and oxygen atoms in total. The summed E-state index contributed by atoms with van der Waals surface area (Å²) in [7, 11) is 1.62. The first-order chi connectivity index (χ1) is 9.38. The molecule has 1 rings (SSSR count). The lowest BCUT2D eigenvalue weighted by molar-refractivity contribution is -0.384. The van der Waals surface area contributed by atoms with Crippen LogP contribution in [0.3, 0.4) is 0 Å². The first-order valence-electron chi connectivity index (χ1n) is 5.83. The van der Waals surface area contributed by atoms with Crippen molar-refractivity contribution in [1.82, 2.24) is 4.90 Å². The molecule has 8 heteroatoms. The summed E-state index contributed by atoms with van der Waals surface area (Å²) in [5.41, 5.74) is 0.220. The van der Waals surface area contributed by atoms with Gasteiger partial charge < -0.3 is 10.4 Å². The van der Waals surface area contributed by atoms with Crippen LogP contribution in [-0.2, 0) is 9.59 Å². The maximum absolute atomic E-state index is 11.7. The van der Waals surface area contributed by atoms with Gasteiger partial charge in [-0.05, 0) is 13.1 Å². The van der Waals surface area contributed by atoms with Crippen molar-refractivity contribution in [1.29, 1.82) is 0 Å². The molecule has 0 aromatic heterocycles. The number of carbonyl (C=O) groups is 2. The summed E-state index contributed by atoms with van der Waals surface area (Å²) in [4.78, 5) is 33.7. The number of rotatable bonds is 7. The van der Waals surface area contributed by atoms with Crippen molar-refractivity contribution >= 4 is 23.3 Å². The fraction of sp³-hybridized carbons (Fsp3) is 0.333. The molecule has 20 heavy (non-hydrogen) atoms.